The summed E-state index contributed by atoms with van der Waals surface area (Å²) in [5, 5.41) is -24.2. The SMILES string of the molecule is O=S(=O)([C-](S(=O)(=O)C(F)(F)C(F)(F)F)S(=O)(=O)C(F)(F)C(F)(F)F)C(F)(F)C(F)(F)F.[Li+]. The Balaban J connectivity index is 0. The van der Waals surface area contributed by atoms with Crippen LogP contribution in [-0.2, 0) is 29.5 Å². The molecule has 0 saturated carbocycles. The van der Waals surface area contributed by atoms with Crippen molar-refractivity contribution in [3.05, 3.63) is 3.91 Å². The molecule has 0 saturated heterocycles. The van der Waals surface area contributed by atoms with E-state index < -0.39 is 67.7 Å². The van der Waals surface area contributed by atoms with Crippen LogP contribution in [-0.4, -0.2) is 59.5 Å². The number of rotatable bonds is 6. The molecule has 0 atom stereocenters. The van der Waals surface area contributed by atoms with Crippen LogP contribution in [0, 0.1) is 3.91 Å². The average Bonchev–Trinajstić information content (AvgIpc) is 2.41. The number of sulfone groups is 3. The van der Waals surface area contributed by atoms with Gasteiger partial charge in [0.05, 0.1) is 3.91 Å². The molecule has 0 aromatic carbocycles. The van der Waals surface area contributed by atoms with Crippen molar-refractivity contribution >= 4 is 29.5 Å². The Morgan fingerprint density at radius 3 is 0.594 bits per heavy atom. The molecule has 0 aliphatic rings. The predicted molar refractivity (Wildman–Crippen MR) is 63.0 cm³/mol. The first kappa shape index (κ1) is 33.6. The molecule has 0 aromatic heterocycles. The molecule has 0 radical (unpaired) electrons. The van der Waals surface area contributed by atoms with Crippen LogP contribution in [0.15, 0.2) is 0 Å². The molecule has 0 rings (SSSR count). The zero-order chi connectivity index (χ0) is 26.1. The van der Waals surface area contributed by atoms with Gasteiger partial charge in [-0.15, -0.1) is 0 Å². The van der Waals surface area contributed by atoms with E-state index in [1.807, 2.05) is 0 Å². The second-order valence-corrected chi connectivity index (χ2v) is 11.4. The summed E-state index contributed by atoms with van der Waals surface area (Å²) >= 11 is 0. The van der Waals surface area contributed by atoms with Gasteiger partial charge in [0.1, 0.15) is 29.5 Å². The molecule has 0 spiro atoms. The minimum Gasteiger partial charge on any atom is -0.254 e. The van der Waals surface area contributed by atoms with Crippen molar-refractivity contribution < 1.29 is 110 Å². The van der Waals surface area contributed by atoms with Crippen LogP contribution in [0.3, 0.4) is 0 Å². The predicted octanol–water partition coefficient (Wildman–Crippen LogP) is 0.147. The van der Waals surface area contributed by atoms with Crippen LogP contribution < -0.4 is 18.9 Å². The standard InChI is InChI=1S/C7F15O6S3.Li/c8-2(9,10)5(17,18)29(23,24)1(30(25,26)6(19,20)3(11,12)13)31(27,28)7(21,22)4(14,15)16;/q-1;+1. The van der Waals surface area contributed by atoms with E-state index in [1.165, 1.54) is 0 Å². The molecule has 6 nitrogen and oxygen atoms in total. The van der Waals surface area contributed by atoms with Crippen LogP contribution >= 0.6 is 0 Å². The van der Waals surface area contributed by atoms with Crippen LogP contribution in [0.1, 0.15) is 0 Å². The molecule has 188 valence electrons. The van der Waals surface area contributed by atoms with Gasteiger partial charge in [0.25, 0.3) is 0 Å². The van der Waals surface area contributed by atoms with Gasteiger partial charge in [-0.25, -0.2) is 0 Å². The second-order valence-electron chi connectivity index (χ2n) is 4.80. The molecular formula is C7F15LiO6S3. The molecule has 25 heteroatoms. The first-order valence-electron chi connectivity index (χ1n) is 5.81. The van der Waals surface area contributed by atoms with Gasteiger partial charge in [-0.2, -0.15) is 65.9 Å². The summed E-state index contributed by atoms with van der Waals surface area (Å²) in [4.78, 5) is 0. The van der Waals surface area contributed by atoms with Gasteiger partial charge in [0, 0.05) is 0 Å². The van der Waals surface area contributed by atoms with Gasteiger partial charge in [0.15, 0.2) is 0 Å². The largest absolute Gasteiger partial charge is 1.00 e. The van der Waals surface area contributed by atoms with Crippen LogP contribution in [0.2, 0.25) is 0 Å². The number of halogens is 15. The Morgan fingerprint density at radius 1 is 0.375 bits per heavy atom. The van der Waals surface area contributed by atoms with E-state index in [2.05, 4.69) is 0 Å². The fourth-order valence-corrected chi connectivity index (χ4v) is 8.10. The quantitative estimate of drug-likeness (QED) is 0.257. The summed E-state index contributed by atoms with van der Waals surface area (Å²) < 4.78 is 249. The Morgan fingerprint density at radius 2 is 0.500 bits per heavy atom. The zero-order valence-electron chi connectivity index (χ0n) is 13.8. The maximum absolute atomic E-state index is 13.1. The summed E-state index contributed by atoms with van der Waals surface area (Å²) in [7, 11) is -27.7. The van der Waals surface area contributed by atoms with Crippen LogP contribution in [0.25, 0.3) is 0 Å². The van der Waals surface area contributed by atoms with E-state index in [9.17, 15) is 91.1 Å². The van der Waals surface area contributed by atoms with Crippen molar-refractivity contribution in [2.45, 2.75) is 34.3 Å². The summed E-state index contributed by atoms with van der Waals surface area (Å²) in [5.74, 6) is 0. The maximum Gasteiger partial charge on any atom is 1.00 e. The molecule has 0 bridgehead atoms. The maximum atomic E-state index is 13.1. The first-order valence-corrected chi connectivity index (χ1v) is 10.3. The van der Waals surface area contributed by atoms with Crippen molar-refractivity contribution in [2.75, 3.05) is 0 Å². The van der Waals surface area contributed by atoms with E-state index in [1.54, 1.807) is 0 Å². The minimum atomic E-state index is -9.24. The number of hydrogen-bond donors (Lipinski definition) is 0. The molecule has 0 fully saturated rings. The third kappa shape index (κ3) is 4.65. The van der Waals surface area contributed by atoms with Crippen molar-refractivity contribution in [1.29, 1.82) is 0 Å². The van der Waals surface area contributed by atoms with E-state index in [-0.39, 0.29) is 18.9 Å². The van der Waals surface area contributed by atoms with E-state index >= 15 is 0 Å². The normalized spacial score (nSPS) is 16.1. The molecule has 0 N–H and O–H groups in total. The Bertz CT molecular complexity index is 884. The molecule has 0 aliphatic heterocycles. The average molecular weight is 568 g/mol. The fraction of sp³-hybridized carbons (Fsp3) is 0.857. The van der Waals surface area contributed by atoms with Gasteiger partial charge in [-0.3, -0.25) is 25.3 Å². The van der Waals surface area contributed by atoms with Crippen molar-refractivity contribution in [2.24, 2.45) is 0 Å². The first-order chi connectivity index (χ1) is 12.9. The Labute approximate surface area is 178 Å². The van der Waals surface area contributed by atoms with Gasteiger partial charge in [-0.1, -0.05) is 0 Å². The van der Waals surface area contributed by atoms with Gasteiger partial charge in [0.2, 0.25) is 0 Å². The number of alkyl halides is 15. The molecular weight excluding hydrogens is 568 g/mol. The van der Waals surface area contributed by atoms with E-state index in [0.717, 1.165) is 0 Å². The third-order valence-electron chi connectivity index (χ3n) is 2.66. The van der Waals surface area contributed by atoms with Gasteiger partial charge in [-0.05, 0) is 0 Å². The zero-order valence-corrected chi connectivity index (χ0v) is 16.3. The van der Waals surface area contributed by atoms with E-state index in [4.69, 9.17) is 0 Å². The fourth-order valence-electron chi connectivity index (χ4n) is 1.20. The smallest absolute Gasteiger partial charge is 0.254 e. The van der Waals surface area contributed by atoms with Gasteiger partial charge >= 0.3 is 53.2 Å². The molecule has 0 aliphatic carbocycles. The molecule has 0 amide bonds. The summed E-state index contributed by atoms with van der Waals surface area (Å²) in [5.41, 5.74) is 0. The monoisotopic (exact) mass is 568 g/mol. The summed E-state index contributed by atoms with van der Waals surface area (Å²) in [6.45, 7) is 0. The Hall–Kier alpha value is -0.603. The molecule has 0 heterocycles. The second kappa shape index (κ2) is 8.26. The van der Waals surface area contributed by atoms with Crippen LogP contribution in [0.4, 0.5) is 65.9 Å². The molecule has 32 heavy (non-hydrogen) atoms. The van der Waals surface area contributed by atoms with Gasteiger partial charge < -0.3 is 0 Å². The summed E-state index contributed by atoms with van der Waals surface area (Å²) in [6.07, 6.45) is -23.4. The molecule has 0 unspecified atom stereocenters. The van der Waals surface area contributed by atoms with Crippen molar-refractivity contribution in [3.63, 3.8) is 0 Å². The number of hydrogen-bond acceptors (Lipinski definition) is 6. The van der Waals surface area contributed by atoms with E-state index in [0.29, 0.717) is 0 Å². The molecule has 0 aromatic rings. The third-order valence-corrected chi connectivity index (χ3v) is 10.6. The van der Waals surface area contributed by atoms with Crippen molar-refractivity contribution in [1.82, 2.24) is 0 Å². The minimum absolute atomic E-state index is 0. The Kier molecular flexibility index (Phi) is 8.66. The van der Waals surface area contributed by atoms with Crippen LogP contribution in [0.5, 0.6) is 0 Å². The topological polar surface area (TPSA) is 102 Å². The summed E-state index contributed by atoms with van der Waals surface area (Å²) in [6, 6.07) is 0. The van der Waals surface area contributed by atoms with Crippen molar-refractivity contribution in [3.8, 4) is 0 Å².